The number of aromatic nitrogens is 1. The summed E-state index contributed by atoms with van der Waals surface area (Å²) in [6, 6.07) is 18.3. The van der Waals surface area contributed by atoms with Crippen molar-refractivity contribution >= 4 is 33.2 Å². The van der Waals surface area contributed by atoms with Crippen LogP contribution in [-0.4, -0.2) is 29.0 Å². The van der Waals surface area contributed by atoms with Gasteiger partial charge in [-0.05, 0) is 62.1 Å². The summed E-state index contributed by atoms with van der Waals surface area (Å²) in [6.45, 7) is 0. The van der Waals surface area contributed by atoms with Crippen LogP contribution in [0.2, 0.25) is 5.02 Å². The number of benzene rings is 2. The van der Waals surface area contributed by atoms with Gasteiger partial charge in [0.1, 0.15) is 0 Å². The predicted octanol–water partition coefficient (Wildman–Crippen LogP) is 5.68. The molecule has 2 unspecified atom stereocenters. The lowest BCUT2D eigenvalue weighted by Gasteiger charge is -2.42. The zero-order valence-corrected chi connectivity index (χ0v) is 15.8. The summed E-state index contributed by atoms with van der Waals surface area (Å²) >= 11 is 8.01. The van der Waals surface area contributed by atoms with Gasteiger partial charge in [-0.2, -0.15) is 0 Å². The summed E-state index contributed by atoms with van der Waals surface area (Å²) in [5, 5.41) is 2.12. The van der Waals surface area contributed by atoms with Gasteiger partial charge in [-0.15, -0.1) is 11.3 Å². The first-order valence-electron chi connectivity index (χ1n) is 9.03. The normalized spacial score (nSPS) is 29.4. The Labute approximate surface area is 157 Å². The number of likely N-dealkylation sites (N-methyl/N-ethyl adjacent to an activating group) is 1. The van der Waals surface area contributed by atoms with Gasteiger partial charge < -0.3 is 0 Å². The maximum atomic E-state index is 6.13. The zero-order chi connectivity index (χ0) is 17.0. The van der Waals surface area contributed by atoms with Gasteiger partial charge in [0.05, 0.1) is 15.2 Å². The van der Waals surface area contributed by atoms with Crippen molar-refractivity contribution in [3.05, 3.63) is 64.1 Å². The second kappa shape index (κ2) is 6.08. The molecular weight excluding hydrogens is 348 g/mol. The van der Waals surface area contributed by atoms with Crippen LogP contribution in [0.15, 0.2) is 48.5 Å². The van der Waals surface area contributed by atoms with E-state index in [0.717, 1.165) is 10.5 Å². The Bertz CT molecular complexity index is 871. The number of thiazole rings is 1. The largest absolute Gasteiger partial charge is 0.300 e. The van der Waals surface area contributed by atoms with Crippen LogP contribution >= 0.6 is 22.9 Å². The van der Waals surface area contributed by atoms with Gasteiger partial charge in [0.25, 0.3) is 0 Å². The lowest BCUT2D eigenvalue weighted by atomic mass is 9.76. The number of halogens is 1. The molecule has 0 N–H and O–H groups in total. The molecule has 0 spiro atoms. The maximum Gasteiger partial charge on any atom is 0.0991 e. The van der Waals surface area contributed by atoms with Crippen molar-refractivity contribution in [1.29, 1.82) is 0 Å². The van der Waals surface area contributed by atoms with Gasteiger partial charge in [0, 0.05) is 23.0 Å². The molecule has 25 heavy (non-hydrogen) atoms. The molecule has 2 fully saturated rings. The number of hydrogen-bond acceptors (Lipinski definition) is 3. The molecule has 0 saturated carbocycles. The Morgan fingerprint density at radius 1 is 1.08 bits per heavy atom. The van der Waals surface area contributed by atoms with E-state index in [2.05, 4.69) is 48.3 Å². The molecule has 2 bridgehead atoms. The number of rotatable bonds is 2. The lowest BCUT2D eigenvalue weighted by molar-refractivity contribution is 0.137. The first kappa shape index (κ1) is 15.8. The summed E-state index contributed by atoms with van der Waals surface area (Å²) in [4.78, 5) is 7.66. The highest BCUT2D eigenvalue weighted by atomic mass is 35.5. The van der Waals surface area contributed by atoms with Crippen molar-refractivity contribution in [3.8, 4) is 0 Å². The number of fused-ring (bicyclic) bond motifs is 3. The van der Waals surface area contributed by atoms with Gasteiger partial charge in [-0.1, -0.05) is 35.9 Å². The van der Waals surface area contributed by atoms with Crippen molar-refractivity contribution in [2.45, 2.75) is 43.2 Å². The fraction of sp³-hybridized carbons (Fsp3) is 0.381. The monoisotopic (exact) mass is 368 g/mol. The molecule has 5 rings (SSSR count). The van der Waals surface area contributed by atoms with Gasteiger partial charge in [0.2, 0.25) is 0 Å². The molecule has 2 saturated heterocycles. The summed E-state index contributed by atoms with van der Waals surface area (Å²) in [7, 11) is 2.31. The molecule has 3 aromatic rings. The Balaban J connectivity index is 1.62. The molecule has 2 aliphatic rings. The first-order valence-corrected chi connectivity index (χ1v) is 10.2. The summed E-state index contributed by atoms with van der Waals surface area (Å²) in [5.74, 6) is 1.01. The minimum atomic E-state index is 0.474. The Hall–Kier alpha value is -1.42. The first-order chi connectivity index (χ1) is 12.2. The molecule has 2 nitrogen and oxygen atoms in total. The highest BCUT2D eigenvalue weighted by Crippen LogP contribution is 2.52. The van der Waals surface area contributed by atoms with Crippen LogP contribution in [0, 0.1) is 0 Å². The van der Waals surface area contributed by atoms with Gasteiger partial charge >= 0.3 is 0 Å². The molecule has 128 valence electrons. The van der Waals surface area contributed by atoms with Crippen molar-refractivity contribution in [2.75, 3.05) is 7.05 Å². The summed E-state index contributed by atoms with van der Waals surface area (Å²) < 4.78 is 1.30. The quantitative estimate of drug-likeness (QED) is 0.578. The van der Waals surface area contributed by atoms with E-state index < -0.39 is 0 Å². The van der Waals surface area contributed by atoms with Crippen LogP contribution in [0.3, 0.4) is 0 Å². The SMILES string of the molecule is CN1C2CC[C@@H]1CC(c1ccc(Cl)cc1)[C@H]2c1nc2ccccc2s1. The van der Waals surface area contributed by atoms with E-state index in [1.165, 1.54) is 34.5 Å². The smallest absolute Gasteiger partial charge is 0.0991 e. The van der Waals surface area contributed by atoms with Crippen LogP contribution in [0.4, 0.5) is 0 Å². The second-order valence-electron chi connectivity index (χ2n) is 7.40. The average Bonchev–Trinajstić information content (AvgIpc) is 3.14. The zero-order valence-electron chi connectivity index (χ0n) is 14.2. The maximum absolute atomic E-state index is 6.13. The van der Waals surface area contributed by atoms with Crippen LogP contribution < -0.4 is 0 Å². The highest BCUT2D eigenvalue weighted by molar-refractivity contribution is 7.18. The molecule has 4 atom stereocenters. The molecule has 1 aromatic heterocycles. The average molecular weight is 369 g/mol. The van der Waals surface area contributed by atoms with Crippen LogP contribution in [0.25, 0.3) is 10.2 Å². The molecule has 2 aliphatic heterocycles. The number of hydrogen-bond donors (Lipinski definition) is 0. The van der Waals surface area contributed by atoms with E-state index >= 15 is 0 Å². The van der Waals surface area contributed by atoms with Crippen molar-refractivity contribution in [2.24, 2.45) is 0 Å². The third-order valence-corrected chi connectivity index (χ3v) is 7.55. The Morgan fingerprint density at radius 3 is 2.68 bits per heavy atom. The van der Waals surface area contributed by atoms with Crippen molar-refractivity contribution in [3.63, 3.8) is 0 Å². The summed E-state index contributed by atoms with van der Waals surface area (Å²) in [5.41, 5.74) is 2.55. The number of piperidine rings is 1. The third kappa shape index (κ3) is 2.61. The molecule has 2 aromatic carbocycles. The molecule has 0 aliphatic carbocycles. The molecular formula is C21H21ClN2S. The second-order valence-corrected chi connectivity index (χ2v) is 8.90. The Morgan fingerprint density at radius 2 is 1.88 bits per heavy atom. The van der Waals surface area contributed by atoms with E-state index in [1.807, 2.05) is 23.5 Å². The van der Waals surface area contributed by atoms with E-state index in [9.17, 15) is 0 Å². The minimum absolute atomic E-state index is 0.474. The van der Waals surface area contributed by atoms with Gasteiger partial charge in [-0.3, -0.25) is 4.90 Å². The third-order valence-electron chi connectivity index (χ3n) is 6.16. The van der Waals surface area contributed by atoms with E-state index in [0.29, 0.717) is 23.9 Å². The standard InChI is InChI=1S/C21H21ClN2S/c1-24-15-10-11-18(24)20(16(12-15)13-6-8-14(22)9-7-13)21-23-17-4-2-3-5-19(17)25-21/h2-9,15-16,18,20H,10-12H2,1H3/t15-,16?,18?,20-/m1/s1. The minimum Gasteiger partial charge on any atom is -0.300 e. The van der Waals surface area contributed by atoms with Gasteiger partial charge in [0.15, 0.2) is 0 Å². The van der Waals surface area contributed by atoms with Crippen LogP contribution in [-0.2, 0) is 0 Å². The molecule has 0 amide bonds. The topological polar surface area (TPSA) is 16.1 Å². The van der Waals surface area contributed by atoms with E-state index in [-0.39, 0.29) is 0 Å². The van der Waals surface area contributed by atoms with Crippen molar-refractivity contribution < 1.29 is 0 Å². The summed E-state index contributed by atoms with van der Waals surface area (Å²) in [6.07, 6.45) is 3.81. The molecule has 0 radical (unpaired) electrons. The number of nitrogens with zero attached hydrogens (tertiary/aromatic N) is 2. The predicted molar refractivity (Wildman–Crippen MR) is 106 cm³/mol. The fourth-order valence-electron chi connectivity index (χ4n) is 4.89. The van der Waals surface area contributed by atoms with Gasteiger partial charge in [-0.25, -0.2) is 4.98 Å². The Kier molecular flexibility index (Phi) is 3.85. The van der Waals surface area contributed by atoms with Crippen LogP contribution in [0.1, 0.15) is 41.7 Å². The highest BCUT2D eigenvalue weighted by Gasteiger charge is 2.47. The van der Waals surface area contributed by atoms with E-state index in [1.54, 1.807) is 0 Å². The van der Waals surface area contributed by atoms with E-state index in [4.69, 9.17) is 16.6 Å². The lowest BCUT2D eigenvalue weighted by Crippen LogP contribution is -2.44. The fourth-order valence-corrected chi connectivity index (χ4v) is 6.21. The van der Waals surface area contributed by atoms with Crippen LogP contribution in [0.5, 0.6) is 0 Å². The number of para-hydroxylation sites is 1. The van der Waals surface area contributed by atoms with Crippen molar-refractivity contribution in [1.82, 2.24) is 9.88 Å². The molecule has 3 heterocycles. The molecule has 4 heteroatoms.